The third-order valence-corrected chi connectivity index (χ3v) is 3.79. The molecule has 2 atom stereocenters. The first-order chi connectivity index (χ1) is 10.4. The maximum Gasteiger partial charge on any atom is 0.191 e. The largest absolute Gasteiger partial charge is 0.396 e. The summed E-state index contributed by atoms with van der Waals surface area (Å²) >= 11 is 0. The lowest BCUT2D eigenvalue weighted by atomic mass is 9.89. The highest BCUT2D eigenvalue weighted by atomic mass is 16.5. The Morgan fingerprint density at radius 2 is 1.86 bits per heavy atom. The molecule has 0 amide bonds. The molecule has 0 aromatic heterocycles. The second-order valence-electron chi connectivity index (χ2n) is 6.86. The van der Waals surface area contributed by atoms with Gasteiger partial charge in [0.1, 0.15) is 0 Å². The molecular weight excluding hydrogens is 278 g/mol. The molecule has 0 aliphatic carbocycles. The Bertz CT molecular complexity index is 295. The number of nitrogens with zero attached hydrogens (tertiary/aromatic N) is 1. The molecule has 0 aromatic rings. The Kier molecular flexibility index (Phi) is 11.3. The van der Waals surface area contributed by atoms with Crippen molar-refractivity contribution in [2.75, 3.05) is 33.4 Å². The quantitative estimate of drug-likeness (QED) is 0.428. The fraction of sp³-hybridized carbons (Fsp3) is 0.941. The van der Waals surface area contributed by atoms with Crippen LogP contribution < -0.4 is 10.6 Å². The van der Waals surface area contributed by atoms with Crippen molar-refractivity contribution < 1.29 is 9.84 Å². The fourth-order valence-electron chi connectivity index (χ4n) is 2.41. The molecule has 22 heavy (non-hydrogen) atoms. The lowest BCUT2D eigenvalue weighted by Gasteiger charge is -2.30. The molecule has 0 heterocycles. The summed E-state index contributed by atoms with van der Waals surface area (Å²) in [5.74, 6) is 1.28. The van der Waals surface area contributed by atoms with Gasteiger partial charge in [0, 0.05) is 33.4 Å². The number of rotatable bonds is 10. The lowest BCUT2D eigenvalue weighted by molar-refractivity contribution is 0.0205. The van der Waals surface area contributed by atoms with Gasteiger partial charge in [-0.1, -0.05) is 34.1 Å². The van der Waals surface area contributed by atoms with Gasteiger partial charge in [-0.25, -0.2) is 0 Å². The summed E-state index contributed by atoms with van der Waals surface area (Å²) in [5.41, 5.74) is 0.0840. The number of hydrogen-bond acceptors (Lipinski definition) is 3. The molecule has 0 bridgehead atoms. The lowest BCUT2D eigenvalue weighted by Crippen LogP contribution is -2.45. The fourth-order valence-corrected chi connectivity index (χ4v) is 2.41. The van der Waals surface area contributed by atoms with Crippen molar-refractivity contribution in [2.45, 2.75) is 60.0 Å². The molecule has 0 saturated heterocycles. The van der Waals surface area contributed by atoms with Crippen molar-refractivity contribution in [3.8, 4) is 0 Å². The summed E-state index contributed by atoms with van der Waals surface area (Å²) < 4.78 is 5.57. The average Bonchev–Trinajstić information content (AvgIpc) is 2.44. The monoisotopic (exact) mass is 315 g/mol. The maximum atomic E-state index is 9.13. The minimum Gasteiger partial charge on any atom is -0.396 e. The Morgan fingerprint density at radius 3 is 2.32 bits per heavy atom. The van der Waals surface area contributed by atoms with E-state index in [0.717, 1.165) is 44.9 Å². The van der Waals surface area contributed by atoms with Crippen LogP contribution >= 0.6 is 0 Å². The van der Waals surface area contributed by atoms with E-state index >= 15 is 0 Å². The first-order valence-electron chi connectivity index (χ1n) is 8.54. The van der Waals surface area contributed by atoms with Gasteiger partial charge >= 0.3 is 0 Å². The van der Waals surface area contributed by atoms with Gasteiger partial charge in [0.2, 0.25) is 0 Å². The predicted octanol–water partition coefficient (Wildman–Crippen LogP) is 2.40. The zero-order chi connectivity index (χ0) is 17.0. The van der Waals surface area contributed by atoms with Gasteiger partial charge in [0.15, 0.2) is 5.96 Å². The smallest absolute Gasteiger partial charge is 0.191 e. The van der Waals surface area contributed by atoms with Crippen LogP contribution in [0.2, 0.25) is 0 Å². The van der Waals surface area contributed by atoms with Crippen molar-refractivity contribution in [1.29, 1.82) is 0 Å². The standard InChI is InChI=1S/C17H37N3O2/c1-7-9-14(10-11-21)12-19-16(18-8-2)20-13-15(22-6)17(3,4)5/h14-15,21H,7-13H2,1-6H3,(H2,18,19,20). The van der Waals surface area contributed by atoms with E-state index in [1.807, 2.05) is 0 Å². The molecule has 3 N–H and O–H groups in total. The van der Waals surface area contributed by atoms with Crippen LogP contribution in [0.1, 0.15) is 53.9 Å². The van der Waals surface area contributed by atoms with Crippen LogP contribution in [-0.4, -0.2) is 50.5 Å². The number of methoxy groups -OCH3 is 1. The van der Waals surface area contributed by atoms with Crippen LogP contribution in [0.25, 0.3) is 0 Å². The van der Waals surface area contributed by atoms with Gasteiger partial charge in [-0.2, -0.15) is 0 Å². The number of hydrogen-bond donors (Lipinski definition) is 3. The maximum absolute atomic E-state index is 9.13. The van der Waals surface area contributed by atoms with E-state index in [-0.39, 0.29) is 18.1 Å². The van der Waals surface area contributed by atoms with Crippen LogP contribution in [-0.2, 0) is 4.74 Å². The minimum absolute atomic E-state index is 0.0840. The first-order valence-corrected chi connectivity index (χ1v) is 8.54. The number of aliphatic imine (C=N–C) groups is 1. The van der Waals surface area contributed by atoms with Gasteiger partial charge in [0.25, 0.3) is 0 Å². The molecule has 0 rings (SSSR count). The number of aliphatic hydroxyl groups is 1. The molecule has 5 heteroatoms. The summed E-state index contributed by atoms with van der Waals surface area (Å²) in [4.78, 5) is 4.67. The van der Waals surface area contributed by atoms with Gasteiger partial charge in [-0.3, -0.25) is 4.99 Å². The molecule has 0 saturated carbocycles. The highest BCUT2D eigenvalue weighted by molar-refractivity contribution is 5.79. The number of guanidine groups is 1. The predicted molar refractivity (Wildman–Crippen MR) is 94.3 cm³/mol. The Balaban J connectivity index is 4.59. The molecule has 0 aliphatic heterocycles. The van der Waals surface area contributed by atoms with Crippen LogP contribution in [0, 0.1) is 11.3 Å². The third-order valence-electron chi connectivity index (χ3n) is 3.79. The van der Waals surface area contributed by atoms with Gasteiger partial charge in [-0.05, 0) is 31.1 Å². The molecule has 0 fully saturated rings. The highest BCUT2D eigenvalue weighted by Gasteiger charge is 2.24. The van der Waals surface area contributed by atoms with E-state index < -0.39 is 0 Å². The van der Waals surface area contributed by atoms with Crippen molar-refractivity contribution in [3.05, 3.63) is 0 Å². The van der Waals surface area contributed by atoms with Gasteiger partial charge in [0.05, 0.1) is 6.10 Å². The van der Waals surface area contributed by atoms with E-state index in [1.165, 1.54) is 0 Å². The Labute approximate surface area is 136 Å². The average molecular weight is 316 g/mol. The Hall–Kier alpha value is -0.810. The summed E-state index contributed by atoms with van der Waals surface area (Å²) in [6.45, 7) is 13.3. The van der Waals surface area contributed by atoms with E-state index in [4.69, 9.17) is 9.84 Å². The van der Waals surface area contributed by atoms with E-state index in [0.29, 0.717) is 5.92 Å². The zero-order valence-corrected chi connectivity index (χ0v) is 15.4. The number of nitrogens with one attached hydrogen (secondary N) is 2. The van der Waals surface area contributed by atoms with Crippen LogP contribution in [0.4, 0.5) is 0 Å². The summed E-state index contributed by atoms with van der Waals surface area (Å²) in [5, 5.41) is 15.8. The summed E-state index contributed by atoms with van der Waals surface area (Å²) in [6.07, 6.45) is 3.17. The molecule has 132 valence electrons. The summed E-state index contributed by atoms with van der Waals surface area (Å²) in [7, 11) is 1.75. The summed E-state index contributed by atoms with van der Waals surface area (Å²) in [6, 6.07) is 0. The normalized spacial score (nSPS) is 15.5. The second kappa shape index (κ2) is 11.7. The minimum atomic E-state index is 0.0840. The number of aliphatic hydroxyl groups excluding tert-OH is 1. The SMILES string of the molecule is CCCC(CCO)CN=C(NCC)NCC(OC)C(C)(C)C. The van der Waals surface area contributed by atoms with Crippen LogP contribution in [0.3, 0.4) is 0 Å². The van der Waals surface area contributed by atoms with Crippen molar-refractivity contribution in [3.63, 3.8) is 0 Å². The first kappa shape index (κ1) is 21.2. The molecule has 5 nitrogen and oxygen atoms in total. The van der Waals surface area contributed by atoms with Crippen molar-refractivity contribution >= 4 is 5.96 Å². The van der Waals surface area contributed by atoms with Crippen molar-refractivity contribution in [1.82, 2.24) is 10.6 Å². The molecule has 0 aromatic carbocycles. The van der Waals surface area contributed by atoms with E-state index in [9.17, 15) is 0 Å². The number of ether oxygens (including phenoxy) is 1. The molecule has 2 unspecified atom stereocenters. The second-order valence-corrected chi connectivity index (χ2v) is 6.86. The van der Waals surface area contributed by atoms with Crippen molar-refractivity contribution in [2.24, 2.45) is 16.3 Å². The zero-order valence-electron chi connectivity index (χ0n) is 15.4. The van der Waals surface area contributed by atoms with E-state index in [2.05, 4.69) is 50.2 Å². The van der Waals surface area contributed by atoms with Crippen LogP contribution in [0.15, 0.2) is 4.99 Å². The molecule has 0 spiro atoms. The molecule has 0 aliphatic rings. The topological polar surface area (TPSA) is 65.9 Å². The third kappa shape index (κ3) is 9.26. The van der Waals surface area contributed by atoms with Gasteiger partial charge in [-0.15, -0.1) is 0 Å². The molecular formula is C17H37N3O2. The van der Waals surface area contributed by atoms with Gasteiger partial charge < -0.3 is 20.5 Å². The van der Waals surface area contributed by atoms with Crippen LogP contribution in [0.5, 0.6) is 0 Å². The Morgan fingerprint density at radius 1 is 1.18 bits per heavy atom. The molecule has 0 radical (unpaired) electrons. The van der Waals surface area contributed by atoms with E-state index in [1.54, 1.807) is 7.11 Å². The highest BCUT2D eigenvalue weighted by Crippen LogP contribution is 2.20.